The van der Waals surface area contributed by atoms with Gasteiger partial charge in [-0.2, -0.15) is 0 Å². The third kappa shape index (κ3) is 24.7. The number of rotatable bonds is 7. The number of carboxylic acid groups (broad SMARTS) is 1. The molecule has 0 radical (unpaired) electrons. The van der Waals surface area contributed by atoms with Crippen LogP contribution in [0.3, 0.4) is 0 Å². The lowest BCUT2D eigenvalue weighted by Crippen LogP contribution is -2.16. The highest BCUT2D eigenvalue weighted by molar-refractivity contribution is 5.66. The van der Waals surface area contributed by atoms with Crippen molar-refractivity contribution in [3.8, 4) is 0 Å². The highest BCUT2D eigenvalue weighted by Crippen LogP contribution is 2.04. The van der Waals surface area contributed by atoms with Crippen LogP contribution in [0.15, 0.2) is 0 Å². The lowest BCUT2D eigenvalue weighted by Gasteiger charge is -1.95. The van der Waals surface area contributed by atoms with E-state index in [0.717, 1.165) is 12.8 Å². The second-order valence-electron chi connectivity index (χ2n) is 3.53. The molecule has 4 N–H and O–H groups in total. The fourth-order valence-corrected chi connectivity index (χ4v) is 0.880. The molecule has 0 aromatic carbocycles. The van der Waals surface area contributed by atoms with Gasteiger partial charge in [0.1, 0.15) is 6.23 Å². The molecule has 0 bridgehead atoms. The fourth-order valence-electron chi connectivity index (χ4n) is 0.880. The van der Waals surface area contributed by atoms with Crippen LogP contribution in [0.25, 0.3) is 0 Å². The molecule has 0 amide bonds. The lowest BCUT2D eigenvalue weighted by atomic mass is 10.1. The van der Waals surface area contributed by atoms with Crippen molar-refractivity contribution in [2.75, 3.05) is 0 Å². The van der Waals surface area contributed by atoms with Crippen molar-refractivity contribution >= 4 is 5.97 Å². The Labute approximate surface area is 92.5 Å². The number of hydrogen-bond acceptors (Lipinski definition) is 3. The van der Waals surface area contributed by atoms with Crippen molar-refractivity contribution in [1.82, 2.24) is 0 Å². The van der Waals surface area contributed by atoms with E-state index in [1.165, 1.54) is 19.3 Å². The molecule has 0 aromatic rings. The smallest absolute Gasteiger partial charge is 0.303 e. The number of nitrogens with two attached hydrogens (primary N) is 1. The van der Waals surface area contributed by atoms with Gasteiger partial charge in [0.25, 0.3) is 0 Å². The summed E-state index contributed by atoms with van der Waals surface area (Å²) in [5, 5.41) is 16.4. The van der Waals surface area contributed by atoms with Gasteiger partial charge in [-0.3, -0.25) is 4.79 Å². The molecule has 0 aliphatic heterocycles. The molecule has 0 spiro atoms. The Morgan fingerprint density at radius 2 is 1.67 bits per heavy atom. The number of aliphatic hydroxyl groups excluding tert-OH is 1. The second kappa shape index (κ2) is 13.4. The Hall–Kier alpha value is -0.610. The first-order chi connectivity index (χ1) is 7.04. The van der Waals surface area contributed by atoms with Gasteiger partial charge in [0.05, 0.1) is 0 Å². The first-order valence-electron chi connectivity index (χ1n) is 5.70. The molecular formula is C11H25NO3. The van der Waals surface area contributed by atoms with Gasteiger partial charge in [0, 0.05) is 6.42 Å². The van der Waals surface area contributed by atoms with Crippen LogP contribution in [0.1, 0.15) is 58.8 Å². The van der Waals surface area contributed by atoms with Gasteiger partial charge in [0.15, 0.2) is 0 Å². The van der Waals surface area contributed by atoms with Gasteiger partial charge in [-0.1, -0.05) is 39.5 Å². The molecule has 0 saturated heterocycles. The van der Waals surface area contributed by atoms with Crippen molar-refractivity contribution in [3.63, 3.8) is 0 Å². The maximum atomic E-state index is 10.0. The maximum absolute atomic E-state index is 10.0. The third-order valence-corrected chi connectivity index (χ3v) is 1.91. The van der Waals surface area contributed by atoms with Gasteiger partial charge in [-0.25, -0.2) is 0 Å². The highest BCUT2D eigenvalue weighted by Gasteiger charge is 1.94. The van der Waals surface area contributed by atoms with E-state index < -0.39 is 12.2 Å². The summed E-state index contributed by atoms with van der Waals surface area (Å²) < 4.78 is 0. The van der Waals surface area contributed by atoms with Crippen LogP contribution < -0.4 is 5.73 Å². The predicted octanol–water partition coefficient (Wildman–Crippen LogP) is 2.10. The van der Waals surface area contributed by atoms with E-state index in [-0.39, 0.29) is 0 Å². The van der Waals surface area contributed by atoms with Crippen LogP contribution in [0, 0.1) is 0 Å². The van der Waals surface area contributed by atoms with E-state index in [9.17, 15) is 4.79 Å². The summed E-state index contributed by atoms with van der Waals surface area (Å²) in [5.41, 5.74) is 4.85. The predicted molar refractivity (Wildman–Crippen MR) is 61.5 cm³/mol. The Morgan fingerprint density at radius 1 is 1.20 bits per heavy atom. The average Bonchev–Trinajstić information content (AvgIpc) is 2.18. The summed E-state index contributed by atoms with van der Waals surface area (Å²) in [6, 6.07) is 0. The van der Waals surface area contributed by atoms with Crippen molar-refractivity contribution in [2.45, 2.75) is 65.0 Å². The molecule has 4 heteroatoms. The SMILES string of the molecule is CCC(N)O.CCCCCCCC(=O)O. The summed E-state index contributed by atoms with van der Waals surface area (Å²) in [6.07, 6.45) is 5.91. The number of aliphatic carboxylic acids is 1. The van der Waals surface area contributed by atoms with E-state index in [2.05, 4.69) is 6.92 Å². The van der Waals surface area contributed by atoms with Crippen molar-refractivity contribution < 1.29 is 15.0 Å². The first-order valence-corrected chi connectivity index (χ1v) is 5.70. The van der Waals surface area contributed by atoms with Crippen molar-refractivity contribution in [2.24, 2.45) is 5.73 Å². The standard InChI is InChI=1S/C8H16O2.C3H9NO/c1-2-3-4-5-6-7-8(9)10;1-2-3(4)5/h2-7H2,1H3,(H,9,10);3,5H,2,4H2,1H3. The molecule has 0 aliphatic rings. The molecule has 92 valence electrons. The molecule has 4 nitrogen and oxygen atoms in total. The quantitative estimate of drug-likeness (QED) is 0.452. The zero-order valence-electron chi connectivity index (χ0n) is 9.91. The Balaban J connectivity index is 0. The molecule has 1 unspecified atom stereocenters. The Bertz CT molecular complexity index is 138. The summed E-state index contributed by atoms with van der Waals surface area (Å²) in [6.45, 7) is 3.97. The molecule has 0 rings (SSSR count). The minimum absolute atomic E-state index is 0.337. The Kier molecular flexibility index (Phi) is 15.0. The molecule has 0 aliphatic carbocycles. The number of carboxylic acids is 1. The summed E-state index contributed by atoms with van der Waals surface area (Å²) in [5.74, 6) is -0.670. The van der Waals surface area contributed by atoms with Gasteiger partial charge >= 0.3 is 5.97 Å². The van der Waals surface area contributed by atoms with Crippen LogP contribution in [0.5, 0.6) is 0 Å². The Morgan fingerprint density at radius 3 is 2.00 bits per heavy atom. The molecule has 0 aromatic heterocycles. The number of hydrogen-bond donors (Lipinski definition) is 3. The average molecular weight is 219 g/mol. The maximum Gasteiger partial charge on any atom is 0.303 e. The normalized spacial score (nSPS) is 11.5. The van der Waals surface area contributed by atoms with Gasteiger partial charge in [-0.15, -0.1) is 0 Å². The van der Waals surface area contributed by atoms with E-state index in [0.29, 0.717) is 12.8 Å². The minimum Gasteiger partial charge on any atom is -0.481 e. The molecule has 0 saturated carbocycles. The van der Waals surface area contributed by atoms with Crippen LogP contribution >= 0.6 is 0 Å². The fraction of sp³-hybridized carbons (Fsp3) is 0.909. The van der Waals surface area contributed by atoms with E-state index in [1.807, 2.05) is 6.92 Å². The van der Waals surface area contributed by atoms with Crippen LogP contribution in [0.4, 0.5) is 0 Å². The largest absolute Gasteiger partial charge is 0.481 e. The first kappa shape index (κ1) is 16.8. The van der Waals surface area contributed by atoms with E-state index in [4.69, 9.17) is 15.9 Å². The van der Waals surface area contributed by atoms with Crippen LogP contribution in [-0.2, 0) is 4.79 Å². The zero-order valence-corrected chi connectivity index (χ0v) is 9.91. The van der Waals surface area contributed by atoms with Gasteiger partial charge in [0.2, 0.25) is 0 Å². The highest BCUT2D eigenvalue weighted by atomic mass is 16.4. The summed E-state index contributed by atoms with van der Waals surface area (Å²) in [7, 11) is 0. The third-order valence-electron chi connectivity index (χ3n) is 1.91. The summed E-state index contributed by atoms with van der Waals surface area (Å²) in [4.78, 5) is 10.0. The molecule has 0 heterocycles. The summed E-state index contributed by atoms with van der Waals surface area (Å²) >= 11 is 0. The van der Waals surface area contributed by atoms with E-state index >= 15 is 0 Å². The molecule has 15 heavy (non-hydrogen) atoms. The minimum atomic E-state index is -0.670. The molecule has 0 fully saturated rings. The monoisotopic (exact) mass is 219 g/mol. The topological polar surface area (TPSA) is 83.5 Å². The second-order valence-corrected chi connectivity index (χ2v) is 3.53. The van der Waals surface area contributed by atoms with Crippen molar-refractivity contribution in [1.29, 1.82) is 0 Å². The van der Waals surface area contributed by atoms with Crippen LogP contribution in [-0.4, -0.2) is 22.4 Å². The lowest BCUT2D eigenvalue weighted by molar-refractivity contribution is -0.137. The van der Waals surface area contributed by atoms with E-state index in [1.54, 1.807) is 0 Å². The zero-order chi connectivity index (χ0) is 12.1. The van der Waals surface area contributed by atoms with Gasteiger partial charge < -0.3 is 15.9 Å². The number of carbonyl (C=O) groups is 1. The number of unbranched alkanes of at least 4 members (excludes halogenated alkanes) is 4. The molecular weight excluding hydrogens is 194 g/mol. The van der Waals surface area contributed by atoms with Crippen molar-refractivity contribution in [3.05, 3.63) is 0 Å². The number of aliphatic hydroxyl groups is 1. The molecule has 1 atom stereocenters. The van der Waals surface area contributed by atoms with Gasteiger partial charge in [-0.05, 0) is 12.8 Å². The van der Waals surface area contributed by atoms with Crippen LogP contribution in [0.2, 0.25) is 0 Å².